The van der Waals surface area contributed by atoms with Gasteiger partial charge in [-0.15, -0.1) is 0 Å². The van der Waals surface area contributed by atoms with E-state index in [1.54, 1.807) is 0 Å². The zero-order valence-corrected chi connectivity index (χ0v) is 11.2. The second-order valence-corrected chi connectivity index (χ2v) is 5.41. The zero-order valence-electron chi connectivity index (χ0n) is 11.2. The molecule has 4 nitrogen and oxygen atoms in total. The number of alkyl halides is 3. The molecule has 0 unspecified atom stereocenters. The monoisotopic (exact) mass is 300 g/mol. The molecule has 114 valence electrons. The number of morpholine rings is 1. The van der Waals surface area contributed by atoms with E-state index in [-0.39, 0.29) is 24.7 Å². The molecule has 2 fully saturated rings. The van der Waals surface area contributed by atoms with Crippen LogP contribution in [0.4, 0.5) is 13.2 Å². The Labute approximate surface area is 119 Å². The van der Waals surface area contributed by atoms with Crippen molar-refractivity contribution in [3.05, 3.63) is 35.4 Å². The van der Waals surface area contributed by atoms with Crippen LogP contribution in [0.1, 0.15) is 11.1 Å². The summed E-state index contributed by atoms with van der Waals surface area (Å²) in [4.78, 5) is 13.3. The van der Waals surface area contributed by atoms with Gasteiger partial charge in [-0.05, 0) is 17.7 Å². The Morgan fingerprint density at radius 1 is 1.24 bits per heavy atom. The molecule has 0 radical (unpaired) electrons. The summed E-state index contributed by atoms with van der Waals surface area (Å²) in [7, 11) is 0. The first kappa shape index (κ1) is 14.3. The van der Waals surface area contributed by atoms with Crippen LogP contribution in [-0.4, -0.2) is 42.6 Å². The summed E-state index contributed by atoms with van der Waals surface area (Å²) in [5.41, 5.74) is 0.171. The molecule has 2 aliphatic heterocycles. The molecule has 1 N–H and O–H groups in total. The Hall–Kier alpha value is -1.60. The number of halogens is 3. The summed E-state index contributed by atoms with van der Waals surface area (Å²) in [5, 5.41) is 2.87. The lowest BCUT2D eigenvalue weighted by Crippen LogP contribution is -2.50. The average molecular weight is 300 g/mol. The molecule has 2 saturated heterocycles. The minimum atomic E-state index is -4.31. The van der Waals surface area contributed by atoms with Gasteiger partial charge in [-0.25, -0.2) is 0 Å². The van der Waals surface area contributed by atoms with Crippen LogP contribution in [0.15, 0.2) is 24.3 Å². The minimum Gasteiger partial charge on any atom is -0.365 e. The Bertz CT molecular complexity index is 530. The van der Waals surface area contributed by atoms with Crippen LogP contribution in [0.5, 0.6) is 0 Å². The molecule has 1 aromatic carbocycles. The molecule has 2 atom stereocenters. The molecule has 0 bridgehead atoms. The SMILES string of the molecule is O=C1CO[C@H]2CN(Cc3ccc(C(F)(F)F)cc3)C[C@H]2N1. The predicted molar refractivity (Wildman–Crippen MR) is 68.4 cm³/mol. The number of hydrogen-bond donors (Lipinski definition) is 1. The number of nitrogens with zero attached hydrogens (tertiary/aromatic N) is 1. The second-order valence-electron chi connectivity index (χ2n) is 5.41. The van der Waals surface area contributed by atoms with Crippen LogP contribution in [0.3, 0.4) is 0 Å². The first-order valence-corrected chi connectivity index (χ1v) is 6.71. The van der Waals surface area contributed by atoms with Crippen molar-refractivity contribution < 1.29 is 22.7 Å². The molecular formula is C14H15F3N2O2. The Morgan fingerprint density at radius 2 is 1.95 bits per heavy atom. The maximum atomic E-state index is 12.5. The van der Waals surface area contributed by atoms with E-state index in [1.165, 1.54) is 12.1 Å². The van der Waals surface area contributed by atoms with Gasteiger partial charge in [-0.1, -0.05) is 12.1 Å². The molecule has 7 heteroatoms. The lowest BCUT2D eigenvalue weighted by atomic mass is 10.1. The number of fused-ring (bicyclic) bond motifs is 1. The first-order valence-electron chi connectivity index (χ1n) is 6.71. The molecule has 2 heterocycles. The summed E-state index contributed by atoms with van der Waals surface area (Å²) in [6.07, 6.45) is -4.34. The highest BCUT2D eigenvalue weighted by molar-refractivity contribution is 5.78. The number of rotatable bonds is 2. The van der Waals surface area contributed by atoms with Crippen LogP contribution >= 0.6 is 0 Å². The van der Waals surface area contributed by atoms with Crippen molar-refractivity contribution in [2.75, 3.05) is 19.7 Å². The fourth-order valence-electron chi connectivity index (χ4n) is 2.78. The third-order valence-electron chi connectivity index (χ3n) is 3.80. The molecule has 3 rings (SSSR count). The van der Waals surface area contributed by atoms with Crippen molar-refractivity contribution in [1.29, 1.82) is 0 Å². The maximum Gasteiger partial charge on any atom is 0.416 e. The molecule has 21 heavy (non-hydrogen) atoms. The number of amides is 1. The molecule has 2 aliphatic rings. The number of hydrogen-bond acceptors (Lipinski definition) is 3. The highest BCUT2D eigenvalue weighted by Crippen LogP contribution is 2.29. The van der Waals surface area contributed by atoms with Crippen LogP contribution in [0.2, 0.25) is 0 Å². The predicted octanol–water partition coefficient (Wildman–Crippen LogP) is 1.40. The van der Waals surface area contributed by atoms with E-state index in [0.29, 0.717) is 19.6 Å². The largest absolute Gasteiger partial charge is 0.416 e. The number of benzene rings is 1. The van der Waals surface area contributed by atoms with Gasteiger partial charge in [-0.3, -0.25) is 9.69 Å². The van der Waals surface area contributed by atoms with E-state index in [1.807, 2.05) is 0 Å². The standard InChI is InChI=1S/C14H15F3N2O2/c15-14(16,17)10-3-1-9(2-4-10)5-19-6-11-12(7-19)21-8-13(20)18-11/h1-4,11-12H,5-8H2,(H,18,20)/t11-,12+/m1/s1. The minimum absolute atomic E-state index is 0.0271. The van der Waals surface area contributed by atoms with Crippen molar-refractivity contribution in [3.8, 4) is 0 Å². The summed E-state index contributed by atoms with van der Waals surface area (Å²) < 4.78 is 42.9. The number of carbonyl (C=O) groups is 1. The van der Waals surface area contributed by atoms with E-state index < -0.39 is 11.7 Å². The number of likely N-dealkylation sites (tertiary alicyclic amines) is 1. The van der Waals surface area contributed by atoms with Gasteiger partial charge >= 0.3 is 6.18 Å². The molecule has 1 aromatic rings. The van der Waals surface area contributed by atoms with Crippen LogP contribution in [-0.2, 0) is 22.3 Å². The molecule has 0 aromatic heterocycles. The number of ether oxygens (including phenoxy) is 1. The van der Waals surface area contributed by atoms with Crippen molar-refractivity contribution in [1.82, 2.24) is 10.2 Å². The van der Waals surface area contributed by atoms with Gasteiger partial charge in [0.15, 0.2) is 0 Å². The molecule has 0 spiro atoms. The lowest BCUT2D eigenvalue weighted by Gasteiger charge is -2.25. The van der Waals surface area contributed by atoms with E-state index in [9.17, 15) is 18.0 Å². The first-order chi connectivity index (χ1) is 9.91. The van der Waals surface area contributed by atoms with Crippen molar-refractivity contribution in [2.24, 2.45) is 0 Å². The third-order valence-corrected chi connectivity index (χ3v) is 3.80. The molecule has 1 amide bonds. The molecule has 0 saturated carbocycles. The van der Waals surface area contributed by atoms with Gasteiger partial charge < -0.3 is 10.1 Å². The summed E-state index contributed by atoms with van der Waals surface area (Å²) in [5.74, 6) is -0.118. The molecular weight excluding hydrogens is 285 g/mol. The van der Waals surface area contributed by atoms with E-state index in [2.05, 4.69) is 10.2 Å². The normalized spacial score (nSPS) is 26.5. The van der Waals surface area contributed by atoms with Gasteiger partial charge in [0.05, 0.1) is 17.7 Å². The van der Waals surface area contributed by atoms with Gasteiger partial charge in [0.2, 0.25) is 5.91 Å². The van der Waals surface area contributed by atoms with Gasteiger partial charge in [0.1, 0.15) is 6.61 Å². The fraction of sp³-hybridized carbons (Fsp3) is 0.500. The van der Waals surface area contributed by atoms with Crippen molar-refractivity contribution in [2.45, 2.75) is 24.9 Å². The Kier molecular flexibility index (Phi) is 3.62. The third kappa shape index (κ3) is 3.19. The molecule has 0 aliphatic carbocycles. The summed E-state index contributed by atoms with van der Waals surface area (Å²) >= 11 is 0. The second kappa shape index (κ2) is 5.31. The van der Waals surface area contributed by atoms with Crippen molar-refractivity contribution >= 4 is 5.91 Å². The smallest absolute Gasteiger partial charge is 0.365 e. The fourth-order valence-corrected chi connectivity index (χ4v) is 2.78. The van der Waals surface area contributed by atoms with Crippen molar-refractivity contribution in [3.63, 3.8) is 0 Å². The maximum absolute atomic E-state index is 12.5. The summed E-state index contributed by atoms with van der Waals surface area (Å²) in [6.45, 7) is 1.95. The lowest BCUT2D eigenvalue weighted by molar-refractivity contribution is -0.137. The van der Waals surface area contributed by atoms with Crippen LogP contribution in [0.25, 0.3) is 0 Å². The van der Waals surface area contributed by atoms with Crippen LogP contribution in [0, 0.1) is 0 Å². The highest BCUT2D eigenvalue weighted by atomic mass is 19.4. The van der Waals surface area contributed by atoms with Gasteiger partial charge in [-0.2, -0.15) is 13.2 Å². The van der Waals surface area contributed by atoms with E-state index in [0.717, 1.165) is 17.7 Å². The topological polar surface area (TPSA) is 41.6 Å². The Balaban J connectivity index is 1.61. The summed E-state index contributed by atoms with van der Waals surface area (Å²) in [6, 6.07) is 5.14. The average Bonchev–Trinajstić information content (AvgIpc) is 2.79. The quantitative estimate of drug-likeness (QED) is 0.898. The highest BCUT2D eigenvalue weighted by Gasteiger charge is 2.37. The van der Waals surface area contributed by atoms with E-state index in [4.69, 9.17) is 4.74 Å². The number of nitrogens with one attached hydrogen (secondary N) is 1. The Morgan fingerprint density at radius 3 is 2.62 bits per heavy atom. The number of carbonyl (C=O) groups excluding carboxylic acids is 1. The van der Waals surface area contributed by atoms with Gasteiger partial charge in [0, 0.05) is 19.6 Å². The van der Waals surface area contributed by atoms with Gasteiger partial charge in [0.25, 0.3) is 0 Å². The zero-order chi connectivity index (χ0) is 15.0. The van der Waals surface area contributed by atoms with Crippen LogP contribution < -0.4 is 5.32 Å². The van der Waals surface area contributed by atoms with E-state index >= 15 is 0 Å².